The van der Waals surface area contributed by atoms with Crippen molar-refractivity contribution < 1.29 is 27.0 Å². The van der Waals surface area contributed by atoms with Crippen LogP contribution in [-0.4, -0.2) is 45.4 Å². The molecule has 0 bridgehead atoms. The van der Waals surface area contributed by atoms with Gasteiger partial charge in [0.25, 0.3) is 0 Å². The van der Waals surface area contributed by atoms with E-state index < -0.39 is 35.0 Å². The number of halogens is 6. The second kappa shape index (κ2) is 41.8. The van der Waals surface area contributed by atoms with Crippen LogP contribution in [0, 0.1) is 96.4 Å². The summed E-state index contributed by atoms with van der Waals surface area (Å²) in [6, 6.07) is 78.1. The normalized spacial score (nSPS) is 12.3. The molecule has 0 atom stereocenters. The summed E-state index contributed by atoms with van der Waals surface area (Å²) in [6.07, 6.45) is 6.98. The van der Waals surface area contributed by atoms with Crippen LogP contribution in [0.1, 0.15) is 77.9 Å². The van der Waals surface area contributed by atoms with E-state index >= 15 is 0 Å². The Morgan fingerprint density at radius 3 is 0.737 bits per heavy atom. The molecule has 13 rings (SSSR count). The first-order chi connectivity index (χ1) is 47.5. The van der Waals surface area contributed by atoms with E-state index in [4.69, 9.17) is 38.8 Å². The smallest absolute Gasteiger partial charge is 0.0620 e. The molecule has 6 nitrogen and oxygen atoms in total. The van der Waals surface area contributed by atoms with Crippen LogP contribution in [0.4, 0.5) is 22.7 Å². The molecule has 0 aliphatic carbocycles. The standard InChI is InChI=1S/2C21H27N2.C18H15P.2C7H6.2C5H4BrN.4ClH.2Ru/c2*1-14-9-16(3)20(17(4)10-14)22-7-8-23(13-22)21-18(5)11-15(2)12-19(21)6;1-4-10-16(11-5-1)19(17-12-6-2-7-13-17)18-14-8-3-9-15-18;2*1-7-5-3-2-4-6-7;2*6-5-2-1-3-7-4-5;;;;;;/h2*9-13H,7-8H2,1-6H3;1-15H;2*1-6H;2*1-4H;4*1H;;/q2*-1;;;;;;;;;;2*+2/p-3. The van der Waals surface area contributed by atoms with Gasteiger partial charge in [-0.25, -0.2) is 0 Å². The van der Waals surface area contributed by atoms with Gasteiger partial charge in [0.2, 0.25) is 0 Å². The summed E-state index contributed by atoms with van der Waals surface area (Å²) in [5.41, 5.74) is 23.9. The molecule has 0 amide bonds. The molecule has 9 aromatic carbocycles. The molecule has 2 aromatic heterocycles. The number of aromatic nitrogens is 2. The number of rotatable bonds is 9. The Bertz CT molecular complexity index is 3800. The largest absolute Gasteiger partial charge is 0.102 e. The average Bonchev–Trinajstić information content (AvgIpc) is 1.70. The number of hydrogen-bond acceptors (Lipinski definition) is 6. The van der Waals surface area contributed by atoms with Crippen LogP contribution in [0.25, 0.3) is 0 Å². The first-order valence-electron chi connectivity index (χ1n) is 32.5. The third-order valence-corrected chi connectivity index (χ3v) is 23.3. The minimum Gasteiger partial charge on any atom is -0.0620 e. The van der Waals surface area contributed by atoms with Gasteiger partial charge in [0.1, 0.15) is 15.9 Å². The molecule has 2 saturated heterocycles. The molecule has 520 valence electrons. The van der Waals surface area contributed by atoms with Crippen molar-refractivity contribution in [2.45, 2.75) is 83.1 Å². The zero-order valence-corrected chi connectivity index (χ0v) is 69.1. The van der Waals surface area contributed by atoms with Gasteiger partial charge < -0.3 is 19.6 Å². The van der Waals surface area contributed by atoms with Crippen LogP contribution < -0.4 is 35.5 Å². The van der Waals surface area contributed by atoms with Gasteiger partial charge in [-0.2, -0.15) is 13.3 Å². The third kappa shape index (κ3) is 26.4. The molecule has 2 aliphatic rings. The zero-order chi connectivity index (χ0) is 71.4. The summed E-state index contributed by atoms with van der Waals surface area (Å²) in [5, 5.41) is 4.31. The van der Waals surface area contributed by atoms with Crippen LogP contribution in [0.15, 0.2) is 258 Å². The Balaban J connectivity index is 0.000000170. The maximum Gasteiger partial charge on any atom is 0.102 e. The predicted molar refractivity (Wildman–Crippen MR) is 438 cm³/mol. The van der Waals surface area contributed by atoms with Crippen molar-refractivity contribution in [1.29, 1.82) is 0 Å². The maximum absolute atomic E-state index is 5.67. The molecule has 11 aromatic rings. The maximum atomic E-state index is 5.67. The number of nitrogens with zero attached hydrogens (tertiary/aromatic N) is 6. The molecule has 2 aliphatic heterocycles. The molecular weight excluding hydrogens is 1630 g/mol. The Hall–Kier alpha value is -5.98. The van der Waals surface area contributed by atoms with Gasteiger partial charge in [-0.05, 0) is 220 Å². The van der Waals surface area contributed by atoms with Crippen LogP contribution in [0.2, 0.25) is 0 Å². The number of hydrogen-bond donors (Lipinski definition) is 0. The molecule has 2 fully saturated rings. The van der Waals surface area contributed by atoms with E-state index in [2.05, 4.69) is 297 Å². The summed E-state index contributed by atoms with van der Waals surface area (Å²) >= 11 is 3.27. The van der Waals surface area contributed by atoms with Crippen LogP contribution in [-0.2, 0) is 27.0 Å². The van der Waals surface area contributed by atoms with E-state index in [0.717, 1.165) is 46.3 Å². The number of pyridine rings is 2. The average molecular weight is 1720 g/mol. The predicted octanol–water partition coefficient (Wildman–Crippen LogP) is 22.4. The summed E-state index contributed by atoms with van der Waals surface area (Å²) in [6.45, 7) is 35.1. The fraction of sp³-hybridized carbons (Fsp3) is 0.190. The molecule has 0 radical (unpaired) electrons. The van der Waals surface area contributed by atoms with Crippen molar-refractivity contribution in [3.8, 4) is 0 Å². The minimum absolute atomic E-state index is 0.877. The number of benzene rings is 9. The SMILES string of the molecule is Brc1cccnc1.Brc1cccnc1.Cc1cc(C)c(N2[CH-]N(c3c(C)cc(C)cc3C)CC2)c(C)c1.Cc1cc(C)c(N2[CH-]N(c3c(C)cc(C)cc3C)CC2)c(C)c1.[Cl][Ru]([Cl])=[CH]c1ccccc1.[Cl][Ru]([Cl])=[CH]c1ccccc1.c1ccc([PH+](c2ccccc2)c2ccccc2)cc1. The van der Waals surface area contributed by atoms with Crippen LogP contribution in [0.3, 0.4) is 0 Å². The third-order valence-electron chi connectivity index (χ3n) is 15.8. The Morgan fingerprint density at radius 2 is 0.556 bits per heavy atom. The van der Waals surface area contributed by atoms with Gasteiger partial charge in [-0.1, -0.05) is 125 Å². The van der Waals surface area contributed by atoms with Gasteiger partial charge in [0, 0.05) is 82.7 Å². The summed E-state index contributed by atoms with van der Waals surface area (Å²) in [7, 11) is 21.8. The summed E-state index contributed by atoms with van der Waals surface area (Å²) in [5.74, 6) is 0. The van der Waals surface area contributed by atoms with Gasteiger partial charge in [-0.3, -0.25) is 9.97 Å². The molecular formula is C84H90Br2Cl4N6PRu2-. The number of aryl methyl sites for hydroxylation is 12. The van der Waals surface area contributed by atoms with E-state index in [0.29, 0.717) is 0 Å². The first kappa shape index (κ1) is 80.3. The summed E-state index contributed by atoms with van der Waals surface area (Å²) in [4.78, 5) is 17.3. The van der Waals surface area contributed by atoms with E-state index in [9.17, 15) is 0 Å². The van der Waals surface area contributed by atoms with Gasteiger partial charge in [0.05, 0.1) is 7.92 Å². The molecule has 15 heteroatoms. The summed E-state index contributed by atoms with van der Waals surface area (Å²) < 4.78 is 5.89. The molecule has 0 N–H and O–H groups in total. The zero-order valence-electron chi connectivity index (χ0n) is 58.5. The number of anilines is 4. The topological polar surface area (TPSA) is 38.7 Å². The van der Waals surface area contributed by atoms with Gasteiger partial charge >= 0.3 is 147 Å². The second-order valence-electron chi connectivity index (χ2n) is 24.2. The minimum atomic E-state index is -1.61. The fourth-order valence-electron chi connectivity index (χ4n) is 12.4. The fourth-order valence-corrected chi connectivity index (χ4v) is 19.2. The van der Waals surface area contributed by atoms with Crippen molar-refractivity contribution in [3.05, 3.63) is 349 Å². The van der Waals surface area contributed by atoms with Gasteiger partial charge in [0.15, 0.2) is 0 Å². The molecule has 4 heterocycles. The Morgan fingerprint density at radius 1 is 0.333 bits per heavy atom. The van der Waals surface area contributed by atoms with E-state index in [1.807, 2.05) is 94.1 Å². The first-order valence-corrected chi connectivity index (χ1v) is 46.6. The van der Waals surface area contributed by atoms with Crippen molar-refractivity contribution in [3.63, 3.8) is 0 Å². The second-order valence-corrected chi connectivity index (χ2v) is 40.0. The van der Waals surface area contributed by atoms with Crippen LogP contribution in [0.5, 0.6) is 0 Å². The van der Waals surface area contributed by atoms with E-state index in [-0.39, 0.29) is 0 Å². The van der Waals surface area contributed by atoms with Gasteiger partial charge in [-0.15, -0.1) is 0 Å². The molecule has 0 spiro atoms. The monoisotopic (exact) mass is 1720 g/mol. The van der Waals surface area contributed by atoms with Crippen molar-refractivity contribution in [1.82, 2.24) is 9.97 Å². The van der Waals surface area contributed by atoms with Crippen molar-refractivity contribution in [2.24, 2.45) is 0 Å². The Labute approximate surface area is 635 Å². The quantitative estimate of drug-likeness (QED) is 0.0815. The van der Waals surface area contributed by atoms with E-state index in [1.165, 1.54) is 105 Å². The molecule has 99 heavy (non-hydrogen) atoms. The molecule has 0 saturated carbocycles. The Kier molecular flexibility index (Phi) is 33.9. The molecule has 0 unspecified atom stereocenters. The van der Waals surface area contributed by atoms with E-state index in [1.54, 1.807) is 24.8 Å². The van der Waals surface area contributed by atoms with Crippen molar-refractivity contribution in [2.75, 3.05) is 45.8 Å². The van der Waals surface area contributed by atoms with Crippen LogP contribution >= 0.6 is 78.5 Å². The van der Waals surface area contributed by atoms with Crippen molar-refractivity contribution >= 4 is 126 Å².